The Balaban J connectivity index is 1.80. The Morgan fingerprint density at radius 1 is 1.04 bits per heavy atom. The fraction of sp³-hybridized carbons (Fsp3) is 0.300. The Labute approximate surface area is 148 Å². The lowest BCUT2D eigenvalue weighted by Crippen LogP contribution is -2.35. The molecule has 2 amide bonds. The summed E-state index contributed by atoms with van der Waals surface area (Å²) in [6.07, 6.45) is 0.168. The summed E-state index contributed by atoms with van der Waals surface area (Å²) in [6.45, 7) is 3.87. The maximum Gasteiger partial charge on any atom is 0.256 e. The quantitative estimate of drug-likeness (QED) is 0.871. The molecule has 3 rings (SSSR count). The molecule has 0 aliphatic carbocycles. The van der Waals surface area contributed by atoms with Crippen molar-refractivity contribution < 1.29 is 9.59 Å². The molecule has 0 bridgehead atoms. The molecule has 0 spiro atoms. The Morgan fingerprint density at radius 2 is 1.72 bits per heavy atom. The zero-order valence-electron chi connectivity index (χ0n) is 15.0. The molecule has 1 saturated heterocycles. The number of benzene rings is 2. The van der Waals surface area contributed by atoms with Crippen LogP contribution in [0, 0.1) is 13.8 Å². The minimum Gasteiger partial charge on any atom is -0.378 e. The van der Waals surface area contributed by atoms with Crippen molar-refractivity contribution in [3.8, 4) is 0 Å². The van der Waals surface area contributed by atoms with Crippen molar-refractivity contribution in [1.82, 2.24) is 0 Å². The van der Waals surface area contributed by atoms with Crippen LogP contribution in [0.3, 0.4) is 0 Å². The Hall–Kier alpha value is -2.82. The SMILES string of the molecule is Cc1ccc(C)c(N2C(=O)CC(Nc3ccc(N(C)C)cc3)C2=O)c1. The molecule has 1 aliphatic heterocycles. The zero-order chi connectivity index (χ0) is 18.1. The highest BCUT2D eigenvalue weighted by atomic mass is 16.2. The molecule has 1 aliphatic rings. The van der Waals surface area contributed by atoms with Crippen molar-refractivity contribution in [2.75, 3.05) is 29.2 Å². The average Bonchev–Trinajstić information content (AvgIpc) is 2.84. The molecule has 25 heavy (non-hydrogen) atoms. The largest absolute Gasteiger partial charge is 0.378 e. The molecule has 5 heteroatoms. The van der Waals surface area contributed by atoms with Gasteiger partial charge in [-0.25, -0.2) is 4.90 Å². The summed E-state index contributed by atoms with van der Waals surface area (Å²) in [7, 11) is 3.95. The highest BCUT2D eigenvalue weighted by Crippen LogP contribution is 2.29. The highest BCUT2D eigenvalue weighted by Gasteiger charge is 2.40. The summed E-state index contributed by atoms with van der Waals surface area (Å²) in [6, 6.07) is 13.1. The molecule has 5 nitrogen and oxygen atoms in total. The molecule has 2 aromatic carbocycles. The summed E-state index contributed by atoms with van der Waals surface area (Å²) in [5.74, 6) is -0.364. The molecule has 1 atom stereocenters. The standard InChI is InChI=1S/C20H23N3O2/c1-13-5-6-14(2)18(11-13)23-19(24)12-17(20(23)25)21-15-7-9-16(10-8-15)22(3)4/h5-11,17,21H,12H2,1-4H3. The molecule has 0 radical (unpaired) electrons. The van der Waals surface area contributed by atoms with Gasteiger partial charge in [0.15, 0.2) is 0 Å². The van der Waals surface area contributed by atoms with Gasteiger partial charge in [-0.15, -0.1) is 0 Å². The molecule has 2 aromatic rings. The predicted octanol–water partition coefficient (Wildman–Crippen LogP) is 3.11. The maximum absolute atomic E-state index is 12.8. The van der Waals surface area contributed by atoms with E-state index in [1.54, 1.807) is 0 Å². The van der Waals surface area contributed by atoms with Crippen molar-refractivity contribution in [2.24, 2.45) is 0 Å². The van der Waals surface area contributed by atoms with Gasteiger partial charge in [0, 0.05) is 25.5 Å². The molecule has 1 heterocycles. The van der Waals surface area contributed by atoms with Gasteiger partial charge in [0.05, 0.1) is 12.1 Å². The first kappa shape index (κ1) is 17.0. The normalized spacial score (nSPS) is 17.1. The maximum atomic E-state index is 12.8. The monoisotopic (exact) mass is 337 g/mol. The van der Waals surface area contributed by atoms with E-state index in [0.29, 0.717) is 5.69 Å². The molecular weight excluding hydrogens is 314 g/mol. The number of carbonyl (C=O) groups is 2. The van der Waals surface area contributed by atoms with Crippen LogP contribution in [-0.2, 0) is 9.59 Å². The minimum absolute atomic E-state index is 0.166. The van der Waals surface area contributed by atoms with E-state index in [4.69, 9.17) is 0 Å². The number of imide groups is 1. The molecule has 130 valence electrons. The van der Waals surface area contributed by atoms with Crippen LogP contribution in [0.5, 0.6) is 0 Å². The number of amides is 2. The van der Waals surface area contributed by atoms with Crippen molar-refractivity contribution in [3.63, 3.8) is 0 Å². The summed E-state index contributed by atoms with van der Waals surface area (Å²) < 4.78 is 0. The number of rotatable bonds is 4. The van der Waals surface area contributed by atoms with E-state index in [1.807, 2.05) is 75.3 Å². The smallest absolute Gasteiger partial charge is 0.256 e. The van der Waals surface area contributed by atoms with E-state index >= 15 is 0 Å². The molecule has 0 saturated carbocycles. The van der Waals surface area contributed by atoms with E-state index in [2.05, 4.69) is 5.32 Å². The summed E-state index contributed by atoms with van der Waals surface area (Å²) >= 11 is 0. The van der Waals surface area contributed by atoms with E-state index in [-0.39, 0.29) is 18.2 Å². The van der Waals surface area contributed by atoms with Gasteiger partial charge < -0.3 is 10.2 Å². The van der Waals surface area contributed by atoms with Gasteiger partial charge in [0.1, 0.15) is 6.04 Å². The first-order valence-corrected chi connectivity index (χ1v) is 8.35. The van der Waals surface area contributed by atoms with Gasteiger partial charge in [-0.05, 0) is 55.3 Å². The van der Waals surface area contributed by atoms with E-state index in [0.717, 1.165) is 22.5 Å². The van der Waals surface area contributed by atoms with Gasteiger partial charge in [-0.3, -0.25) is 9.59 Å². The van der Waals surface area contributed by atoms with Gasteiger partial charge >= 0.3 is 0 Å². The fourth-order valence-electron chi connectivity index (χ4n) is 3.02. The van der Waals surface area contributed by atoms with Crippen LogP contribution in [0.15, 0.2) is 42.5 Å². The first-order valence-electron chi connectivity index (χ1n) is 8.35. The third kappa shape index (κ3) is 3.36. The minimum atomic E-state index is -0.530. The van der Waals surface area contributed by atoms with Crippen LogP contribution in [0.25, 0.3) is 0 Å². The lowest BCUT2D eigenvalue weighted by atomic mass is 10.1. The van der Waals surface area contributed by atoms with E-state index < -0.39 is 6.04 Å². The second-order valence-corrected chi connectivity index (χ2v) is 6.70. The lowest BCUT2D eigenvalue weighted by molar-refractivity contribution is -0.121. The van der Waals surface area contributed by atoms with Crippen LogP contribution < -0.4 is 15.1 Å². The number of hydrogen-bond acceptors (Lipinski definition) is 4. The van der Waals surface area contributed by atoms with Crippen molar-refractivity contribution in [1.29, 1.82) is 0 Å². The first-order chi connectivity index (χ1) is 11.9. The topological polar surface area (TPSA) is 52.7 Å². The van der Waals surface area contributed by atoms with E-state index in [9.17, 15) is 9.59 Å². The average molecular weight is 337 g/mol. The third-order valence-corrected chi connectivity index (χ3v) is 4.48. The van der Waals surface area contributed by atoms with Crippen molar-refractivity contribution in [3.05, 3.63) is 53.6 Å². The van der Waals surface area contributed by atoms with Crippen molar-refractivity contribution >= 4 is 28.9 Å². The summed E-state index contributed by atoms with van der Waals surface area (Å²) in [5, 5.41) is 3.19. The van der Waals surface area contributed by atoms with Crippen LogP contribution in [-0.4, -0.2) is 32.0 Å². The fourth-order valence-corrected chi connectivity index (χ4v) is 3.02. The number of nitrogens with zero attached hydrogens (tertiary/aromatic N) is 2. The van der Waals surface area contributed by atoms with Crippen LogP contribution in [0.1, 0.15) is 17.5 Å². The van der Waals surface area contributed by atoms with Crippen LogP contribution >= 0.6 is 0 Å². The molecule has 1 N–H and O–H groups in total. The van der Waals surface area contributed by atoms with Gasteiger partial charge in [0.2, 0.25) is 5.91 Å². The summed E-state index contributed by atoms with van der Waals surface area (Å²) in [5.41, 5.74) is 4.54. The van der Waals surface area contributed by atoms with Gasteiger partial charge in [0.25, 0.3) is 5.91 Å². The number of carbonyl (C=O) groups excluding carboxylic acids is 2. The number of anilines is 3. The Kier molecular flexibility index (Phi) is 4.49. The Morgan fingerprint density at radius 3 is 2.36 bits per heavy atom. The van der Waals surface area contributed by atoms with Crippen LogP contribution in [0.4, 0.5) is 17.1 Å². The molecule has 0 aromatic heterocycles. The second-order valence-electron chi connectivity index (χ2n) is 6.70. The number of nitrogens with one attached hydrogen (secondary N) is 1. The van der Waals surface area contributed by atoms with Gasteiger partial charge in [-0.2, -0.15) is 0 Å². The summed E-state index contributed by atoms with van der Waals surface area (Å²) in [4.78, 5) is 28.6. The predicted molar refractivity (Wildman–Crippen MR) is 101 cm³/mol. The Bertz CT molecular complexity index is 812. The third-order valence-electron chi connectivity index (χ3n) is 4.48. The number of hydrogen-bond donors (Lipinski definition) is 1. The molecule has 1 fully saturated rings. The number of aryl methyl sites for hydroxylation is 2. The second kappa shape index (κ2) is 6.59. The van der Waals surface area contributed by atoms with E-state index in [1.165, 1.54) is 4.90 Å². The molecular formula is C20H23N3O2. The lowest BCUT2D eigenvalue weighted by Gasteiger charge is -2.19. The highest BCUT2D eigenvalue weighted by molar-refractivity contribution is 6.23. The van der Waals surface area contributed by atoms with Gasteiger partial charge in [-0.1, -0.05) is 12.1 Å². The van der Waals surface area contributed by atoms with Crippen LogP contribution in [0.2, 0.25) is 0 Å². The van der Waals surface area contributed by atoms with Crippen molar-refractivity contribution in [2.45, 2.75) is 26.3 Å². The zero-order valence-corrected chi connectivity index (χ0v) is 15.0. The molecule has 1 unspecified atom stereocenters.